The van der Waals surface area contributed by atoms with Crippen molar-refractivity contribution >= 4 is 5.69 Å². The smallest absolute Gasteiger partial charge is 0.0412 e. The van der Waals surface area contributed by atoms with Gasteiger partial charge in [0.2, 0.25) is 0 Å². The number of nitrogens with zero attached hydrogens (tertiary/aromatic N) is 2. The zero-order valence-corrected chi connectivity index (χ0v) is 13.4. The highest BCUT2D eigenvalue weighted by molar-refractivity contribution is 5.55. The summed E-state index contributed by atoms with van der Waals surface area (Å²) in [6.07, 6.45) is 0. The molecule has 0 saturated carbocycles. The number of hydrogen-bond acceptors (Lipinski definition) is 3. The molecule has 3 heteroatoms. The van der Waals surface area contributed by atoms with E-state index in [2.05, 4.69) is 61.0 Å². The van der Waals surface area contributed by atoms with E-state index < -0.39 is 0 Å². The fraction of sp³-hybridized carbons (Fsp3) is 0.647. The molecule has 0 atom stereocenters. The molecule has 3 nitrogen and oxygen atoms in total. The summed E-state index contributed by atoms with van der Waals surface area (Å²) in [6, 6.07) is 7.52. The van der Waals surface area contributed by atoms with E-state index in [0.717, 1.165) is 26.2 Å². The predicted octanol–water partition coefficient (Wildman–Crippen LogP) is 2.63. The molecule has 1 aromatic carbocycles. The maximum atomic E-state index is 3.46. The van der Waals surface area contributed by atoms with E-state index in [9.17, 15) is 0 Å². The summed E-state index contributed by atoms with van der Waals surface area (Å²) in [5.41, 5.74) is 4.20. The largest absolute Gasteiger partial charge is 0.369 e. The second-order valence-electron chi connectivity index (χ2n) is 6.03. The van der Waals surface area contributed by atoms with Crippen molar-refractivity contribution in [2.75, 3.05) is 37.6 Å². The number of aryl methyl sites for hydroxylation is 1. The molecular weight excluding hydrogens is 246 g/mol. The van der Waals surface area contributed by atoms with Crippen molar-refractivity contribution in [3.05, 3.63) is 29.3 Å². The number of nitrogens with one attached hydrogen (secondary N) is 1. The molecule has 1 aliphatic rings. The highest BCUT2D eigenvalue weighted by Gasteiger charge is 2.20. The van der Waals surface area contributed by atoms with E-state index in [-0.39, 0.29) is 0 Å². The molecule has 0 bridgehead atoms. The Hall–Kier alpha value is -1.06. The minimum Gasteiger partial charge on any atom is -0.369 e. The van der Waals surface area contributed by atoms with Gasteiger partial charge in [-0.15, -0.1) is 0 Å². The van der Waals surface area contributed by atoms with Crippen LogP contribution in [0, 0.1) is 6.92 Å². The van der Waals surface area contributed by atoms with Crippen LogP contribution in [0.25, 0.3) is 0 Å². The second-order valence-corrected chi connectivity index (χ2v) is 6.03. The van der Waals surface area contributed by atoms with Crippen LogP contribution in [0.4, 0.5) is 5.69 Å². The maximum absolute atomic E-state index is 3.46. The fourth-order valence-corrected chi connectivity index (χ4v) is 2.90. The Balaban J connectivity index is 2.08. The molecule has 0 unspecified atom stereocenters. The van der Waals surface area contributed by atoms with E-state index in [1.807, 2.05) is 0 Å². The van der Waals surface area contributed by atoms with Crippen LogP contribution in [-0.2, 0) is 6.54 Å². The van der Waals surface area contributed by atoms with Crippen LogP contribution >= 0.6 is 0 Å². The maximum Gasteiger partial charge on any atom is 0.0412 e. The van der Waals surface area contributed by atoms with Gasteiger partial charge in [0.25, 0.3) is 0 Å². The molecular formula is C17H29N3. The normalized spacial score (nSPS) is 16.9. The van der Waals surface area contributed by atoms with Gasteiger partial charge in [0.05, 0.1) is 0 Å². The average Bonchev–Trinajstić information content (AvgIpc) is 2.45. The third-order valence-electron chi connectivity index (χ3n) is 4.19. The first kappa shape index (κ1) is 15.3. The summed E-state index contributed by atoms with van der Waals surface area (Å²) in [4.78, 5) is 5.11. The SMILES string of the molecule is CCNCc1cc(C)ccc1N1CCN(C(C)C)CC1. The molecule has 0 aliphatic carbocycles. The van der Waals surface area contributed by atoms with Crippen molar-refractivity contribution in [1.82, 2.24) is 10.2 Å². The van der Waals surface area contributed by atoms with E-state index in [1.165, 1.54) is 29.9 Å². The number of benzene rings is 1. The minimum atomic E-state index is 0.663. The first-order valence-electron chi connectivity index (χ1n) is 7.91. The van der Waals surface area contributed by atoms with E-state index >= 15 is 0 Å². The van der Waals surface area contributed by atoms with Crippen molar-refractivity contribution in [3.63, 3.8) is 0 Å². The Morgan fingerprint density at radius 1 is 1.15 bits per heavy atom. The minimum absolute atomic E-state index is 0.663. The lowest BCUT2D eigenvalue weighted by molar-refractivity contribution is 0.209. The van der Waals surface area contributed by atoms with Crippen LogP contribution in [0.5, 0.6) is 0 Å². The predicted molar refractivity (Wildman–Crippen MR) is 87.5 cm³/mol. The second kappa shape index (κ2) is 7.09. The first-order valence-corrected chi connectivity index (χ1v) is 7.91. The number of piperazine rings is 1. The highest BCUT2D eigenvalue weighted by atomic mass is 15.3. The van der Waals surface area contributed by atoms with Crippen LogP contribution < -0.4 is 10.2 Å². The lowest BCUT2D eigenvalue weighted by Gasteiger charge is -2.39. The highest BCUT2D eigenvalue weighted by Crippen LogP contribution is 2.23. The topological polar surface area (TPSA) is 18.5 Å². The molecule has 1 N–H and O–H groups in total. The summed E-state index contributed by atoms with van der Waals surface area (Å²) in [5, 5.41) is 3.46. The zero-order valence-electron chi connectivity index (χ0n) is 13.4. The van der Waals surface area contributed by atoms with Crippen LogP contribution in [0.2, 0.25) is 0 Å². The van der Waals surface area contributed by atoms with Crippen LogP contribution in [0.15, 0.2) is 18.2 Å². The molecule has 2 rings (SSSR count). The third-order valence-corrected chi connectivity index (χ3v) is 4.19. The first-order chi connectivity index (χ1) is 9.61. The van der Waals surface area contributed by atoms with Crippen LogP contribution in [0.3, 0.4) is 0 Å². The van der Waals surface area contributed by atoms with E-state index in [4.69, 9.17) is 0 Å². The molecule has 0 radical (unpaired) electrons. The molecule has 0 spiro atoms. The van der Waals surface area contributed by atoms with Crippen molar-refractivity contribution < 1.29 is 0 Å². The van der Waals surface area contributed by atoms with Crippen LogP contribution in [-0.4, -0.2) is 43.7 Å². The van der Waals surface area contributed by atoms with Crippen molar-refractivity contribution in [2.45, 2.75) is 40.3 Å². The van der Waals surface area contributed by atoms with Crippen molar-refractivity contribution in [2.24, 2.45) is 0 Å². The third kappa shape index (κ3) is 3.74. The van der Waals surface area contributed by atoms with Gasteiger partial charge in [-0.2, -0.15) is 0 Å². The molecule has 112 valence electrons. The summed E-state index contributed by atoms with van der Waals surface area (Å²) in [6.45, 7) is 15.5. The molecule has 1 saturated heterocycles. The van der Waals surface area contributed by atoms with Gasteiger partial charge in [0.1, 0.15) is 0 Å². The molecule has 1 heterocycles. The van der Waals surface area contributed by atoms with Gasteiger partial charge in [-0.05, 0) is 38.9 Å². The lowest BCUT2D eigenvalue weighted by Crippen LogP contribution is -2.49. The van der Waals surface area contributed by atoms with E-state index in [1.54, 1.807) is 0 Å². The summed E-state index contributed by atoms with van der Waals surface area (Å²) >= 11 is 0. The van der Waals surface area contributed by atoms with Gasteiger partial charge in [-0.3, -0.25) is 4.90 Å². The fourth-order valence-electron chi connectivity index (χ4n) is 2.90. The summed E-state index contributed by atoms with van der Waals surface area (Å²) in [5.74, 6) is 0. The van der Waals surface area contributed by atoms with E-state index in [0.29, 0.717) is 6.04 Å². The Kier molecular flexibility index (Phi) is 5.44. The van der Waals surface area contributed by atoms with Gasteiger partial charge in [-0.1, -0.05) is 24.6 Å². The Bertz CT molecular complexity index is 420. The average molecular weight is 275 g/mol. The summed E-state index contributed by atoms with van der Waals surface area (Å²) < 4.78 is 0. The number of anilines is 1. The summed E-state index contributed by atoms with van der Waals surface area (Å²) in [7, 11) is 0. The molecule has 20 heavy (non-hydrogen) atoms. The quantitative estimate of drug-likeness (QED) is 0.891. The Labute approximate surface area is 124 Å². The lowest BCUT2D eigenvalue weighted by atomic mass is 10.1. The van der Waals surface area contributed by atoms with Gasteiger partial charge < -0.3 is 10.2 Å². The number of rotatable bonds is 5. The Morgan fingerprint density at radius 3 is 2.45 bits per heavy atom. The van der Waals surface area contributed by atoms with Gasteiger partial charge >= 0.3 is 0 Å². The van der Waals surface area contributed by atoms with Crippen molar-refractivity contribution in [3.8, 4) is 0 Å². The molecule has 1 fully saturated rings. The zero-order chi connectivity index (χ0) is 14.5. The van der Waals surface area contributed by atoms with Gasteiger partial charge in [0.15, 0.2) is 0 Å². The molecule has 0 amide bonds. The van der Waals surface area contributed by atoms with Gasteiger partial charge in [0, 0.05) is 44.5 Å². The molecule has 1 aromatic rings. The van der Waals surface area contributed by atoms with Crippen LogP contribution in [0.1, 0.15) is 31.9 Å². The number of hydrogen-bond donors (Lipinski definition) is 1. The molecule has 0 aromatic heterocycles. The monoisotopic (exact) mass is 275 g/mol. The standard InChI is InChI=1S/C17H29N3/c1-5-18-13-16-12-15(4)6-7-17(16)20-10-8-19(9-11-20)14(2)3/h6-7,12,14,18H,5,8-11,13H2,1-4H3. The van der Waals surface area contributed by atoms with Gasteiger partial charge in [-0.25, -0.2) is 0 Å². The van der Waals surface area contributed by atoms with Crippen molar-refractivity contribution in [1.29, 1.82) is 0 Å². The molecule has 1 aliphatic heterocycles. The Morgan fingerprint density at radius 2 is 1.85 bits per heavy atom.